The predicted molar refractivity (Wildman–Crippen MR) is 67.8 cm³/mol. The van der Waals surface area contributed by atoms with Crippen molar-refractivity contribution in [2.45, 2.75) is 25.0 Å². The van der Waals surface area contributed by atoms with Gasteiger partial charge >= 0.3 is 0 Å². The van der Waals surface area contributed by atoms with Crippen LogP contribution >= 0.6 is 0 Å². The average molecular weight is 250 g/mol. The highest BCUT2D eigenvalue weighted by Crippen LogP contribution is 2.14. The molecule has 1 aliphatic rings. The van der Waals surface area contributed by atoms with E-state index in [0.29, 0.717) is 18.5 Å². The number of benzene rings is 1. The number of anilines is 1. The van der Waals surface area contributed by atoms with Gasteiger partial charge in [0.25, 0.3) is 0 Å². The normalized spacial score (nSPS) is 23.3. The first-order valence-electron chi connectivity index (χ1n) is 6.04. The molecule has 1 aromatic carbocycles. The number of likely N-dealkylation sites (tertiary alicyclic amines) is 1. The molecule has 4 N–H and O–H groups in total. The third-order valence-electron chi connectivity index (χ3n) is 3.19. The van der Waals surface area contributed by atoms with Crippen molar-refractivity contribution in [3.63, 3.8) is 0 Å². The van der Waals surface area contributed by atoms with E-state index in [-0.39, 0.29) is 19.0 Å². The fraction of sp³-hybridized carbons (Fsp3) is 0.462. The zero-order valence-corrected chi connectivity index (χ0v) is 10.1. The number of nitrogens with zero attached hydrogens (tertiary/aromatic N) is 1. The highest BCUT2D eigenvalue weighted by molar-refractivity contribution is 5.77. The van der Waals surface area contributed by atoms with Gasteiger partial charge in [0, 0.05) is 25.2 Å². The van der Waals surface area contributed by atoms with Gasteiger partial charge in [-0.1, -0.05) is 12.1 Å². The summed E-state index contributed by atoms with van der Waals surface area (Å²) in [6.45, 7) is 0.438. The molecule has 0 saturated carbocycles. The first-order chi connectivity index (χ1) is 8.56. The van der Waals surface area contributed by atoms with Crippen molar-refractivity contribution < 1.29 is 15.0 Å². The summed E-state index contributed by atoms with van der Waals surface area (Å²) in [5.41, 5.74) is 7.37. The Morgan fingerprint density at radius 3 is 2.61 bits per heavy atom. The first kappa shape index (κ1) is 12.9. The Balaban J connectivity index is 1.85. The van der Waals surface area contributed by atoms with E-state index in [1.807, 2.05) is 18.2 Å². The number of carbonyl (C=O) groups is 1. The van der Waals surface area contributed by atoms with Crippen LogP contribution in [0.4, 0.5) is 5.69 Å². The molecule has 5 heteroatoms. The Hall–Kier alpha value is -1.59. The first-order valence-corrected chi connectivity index (χ1v) is 6.04. The Bertz CT molecular complexity index is 426. The van der Waals surface area contributed by atoms with Crippen LogP contribution in [0, 0.1) is 0 Å². The molecule has 0 bridgehead atoms. The van der Waals surface area contributed by atoms with Crippen LogP contribution in [0.1, 0.15) is 12.0 Å². The minimum absolute atomic E-state index is 0.0481. The molecule has 1 fully saturated rings. The maximum absolute atomic E-state index is 11.9. The number of rotatable bonds is 3. The van der Waals surface area contributed by atoms with Crippen molar-refractivity contribution >= 4 is 11.6 Å². The number of aliphatic hydroxyl groups is 2. The van der Waals surface area contributed by atoms with Gasteiger partial charge in [-0.05, 0) is 24.1 Å². The molecule has 0 spiro atoms. The number of aryl methyl sites for hydroxylation is 1. The molecule has 1 aromatic rings. The molecule has 1 heterocycles. The lowest BCUT2D eigenvalue weighted by Crippen LogP contribution is -2.29. The third kappa shape index (κ3) is 3.00. The SMILES string of the molecule is Nc1cccc(CCC(=O)N2C[C@@H](O)[C@@H](O)C2)c1. The van der Waals surface area contributed by atoms with Gasteiger partial charge in [0.2, 0.25) is 5.91 Å². The van der Waals surface area contributed by atoms with Gasteiger partial charge < -0.3 is 20.8 Å². The van der Waals surface area contributed by atoms with Crippen molar-refractivity contribution in [1.82, 2.24) is 4.90 Å². The molecule has 0 radical (unpaired) electrons. The summed E-state index contributed by atoms with van der Waals surface area (Å²) in [6.07, 6.45) is -0.655. The quantitative estimate of drug-likeness (QED) is 0.646. The Morgan fingerprint density at radius 1 is 1.33 bits per heavy atom. The monoisotopic (exact) mass is 250 g/mol. The van der Waals surface area contributed by atoms with Crippen LogP contribution in [0.25, 0.3) is 0 Å². The van der Waals surface area contributed by atoms with Crippen molar-refractivity contribution in [1.29, 1.82) is 0 Å². The van der Waals surface area contributed by atoms with Gasteiger partial charge in [0.05, 0.1) is 12.2 Å². The number of carbonyl (C=O) groups excluding carboxylic acids is 1. The minimum Gasteiger partial charge on any atom is -0.399 e. The fourth-order valence-electron chi connectivity index (χ4n) is 2.13. The number of amides is 1. The van der Waals surface area contributed by atoms with E-state index in [0.717, 1.165) is 5.56 Å². The van der Waals surface area contributed by atoms with Crippen LogP contribution in [0.3, 0.4) is 0 Å². The predicted octanol–water partition coefficient (Wildman–Crippen LogP) is -0.235. The molecule has 2 rings (SSSR count). The van der Waals surface area contributed by atoms with Crippen LogP contribution in [0.5, 0.6) is 0 Å². The van der Waals surface area contributed by atoms with Gasteiger partial charge in [-0.2, -0.15) is 0 Å². The largest absolute Gasteiger partial charge is 0.399 e. The number of aliphatic hydroxyl groups excluding tert-OH is 2. The smallest absolute Gasteiger partial charge is 0.223 e. The molecular weight excluding hydrogens is 232 g/mol. The van der Waals surface area contributed by atoms with E-state index in [9.17, 15) is 15.0 Å². The Labute approximate surface area is 106 Å². The highest BCUT2D eigenvalue weighted by atomic mass is 16.3. The third-order valence-corrected chi connectivity index (χ3v) is 3.19. The van der Waals surface area contributed by atoms with Crippen LogP contribution in [0.2, 0.25) is 0 Å². The van der Waals surface area contributed by atoms with Gasteiger partial charge in [-0.25, -0.2) is 0 Å². The van der Waals surface area contributed by atoms with E-state index in [1.54, 1.807) is 6.07 Å². The van der Waals surface area contributed by atoms with E-state index >= 15 is 0 Å². The minimum atomic E-state index is -0.818. The second kappa shape index (κ2) is 5.37. The van der Waals surface area contributed by atoms with Crippen molar-refractivity contribution in [3.8, 4) is 0 Å². The second-order valence-corrected chi connectivity index (χ2v) is 4.68. The van der Waals surface area contributed by atoms with Gasteiger partial charge in [-0.15, -0.1) is 0 Å². The number of hydrogen-bond acceptors (Lipinski definition) is 4. The zero-order chi connectivity index (χ0) is 13.1. The van der Waals surface area contributed by atoms with E-state index in [4.69, 9.17) is 5.73 Å². The van der Waals surface area contributed by atoms with Crippen molar-refractivity contribution in [2.75, 3.05) is 18.8 Å². The summed E-state index contributed by atoms with van der Waals surface area (Å²) in [4.78, 5) is 13.4. The fourth-order valence-corrected chi connectivity index (χ4v) is 2.13. The molecule has 18 heavy (non-hydrogen) atoms. The molecule has 1 amide bonds. The van der Waals surface area contributed by atoms with Crippen LogP contribution in [-0.4, -0.2) is 46.3 Å². The molecule has 98 valence electrons. The summed E-state index contributed by atoms with van der Waals surface area (Å²) in [5.74, 6) is -0.0481. The zero-order valence-electron chi connectivity index (χ0n) is 10.1. The lowest BCUT2D eigenvalue weighted by Gasteiger charge is -2.15. The second-order valence-electron chi connectivity index (χ2n) is 4.68. The summed E-state index contributed by atoms with van der Waals surface area (Å²) in [5, 5.41) is 18.8. The van der Waals surface area contributed by atoms with Crippen molar-refractivity contribution in [2.24, 2.45) is 0 Å². The van der Waals surface area contributed by atoms with E-state index in [1.165, 1.54) is 4.90 Å². The number of nitrogen functional groups attached to an aromatic ring is 1. The highest BCUT2D eigenvalue weighted by Gasteiger charge is 2.31. The molecule has 0 aromatic heterocycles. The maximum Gasteiger partial charge on any atom is 0.223 e. The molecule has 0 aliphatic carbocycles. The molecule has 5 nitrogen and oxygen atoms in total. The van der Waals surface area contributed by atoms with E-state index in [2.05, 4.69) is 0 Å². The molecular formula is C13H18N2O3. The van der Waals surface area contributed by atoms with Crippen LogP contribution < -0.4 is 5.73 Å². The van der Waals surface area contributed by atoms with Gasteiger partial charge in [0.15, 0.2) is 0 Å². The van der Waals surface area contributed by atoms with Gasteiger partial charge in [-0.3, -0.25) is 4.79 Å². The van der Waals surface area contributed by atoms with E-state index < -0.39 is 12.2 Å². The molecule has 1 aliphatic heterocycles. The molecule has 1 saturated heterocycles. The average Bonchev–Trinajstić information content (AvgIpc) is 2.67. The molecule has 0 unspecified atom stereocenters. The summed E-state index contributed by atoms with van der Waals surface area (Å²) in [7, 11) is 0. The maximum atomic E-state index is 11.9. The Kier molecular flexibility index (Phi) is 3.84. The van der Waals surface area contributed by atoms with Crippen LogP contribution in [-0.2, 0) is 11.2 Å². The summed E-state index contributed by atoms with van der Waals surface area (Å²) >= 11 is 0. The number of hydrogen-bond donors (Lipinski definition) is 3. The van der Waals surface area contributed by atoms with Crippen molar-refractivity contribution in [3.05, 3.63) is 29.8 Å². The molecule has 2 atom stereocenters. The van der Waals surface area contributed by atoms with Crippen LogP contribution in [0.15, 0.2) is 24.3 Å². The lowest BCUT2D eigenvalue weighted by atomic mass is 10.1. The van der Waals surface area contributed by atoms with Gasteiger partial charge in [0.1, 0.15) is 0 Å². The lowest BCUT2D eigenvalue weighted by molar-refractivity contribution is -0.130. The summed E-state index contributed by atoms with van der Waals surface area (Å²) in [6, 6.07) is 7.44. The number of β-amino-alcohol motifs (C(OH)–C–C–N with tert-alkyl or cyclic N) is 2. The number of nitrogens with two attached hydrogens (primary N) is 1. The standard InChI is InChI=1S/C13H18N2O3/c14-10-3-1-2-9(6-10)4-5-13(18)15-7-11(16)12(17)8-15/h1-3,6,11-12,16-17H,4-5,7-8,14H2/t11-,12+. The topological polar surface area (TPSA) is 86.8 Å². The summed E-state index contributed by atoms with van der Waals surface area (Å²) < 4.78 is 0. The Morgan fingerprint density at radius 2 is 2.00 bits per heavy atom.